The van der Waals surface area contributed by atoms with Crippen molar-refractivity contribution in [2.45, 2.75) is 13.0 Å². The van der Waals surface area contributed by atoms with Crippen LogP contribution in [-0.2, 0) is 4.79 Å². The van der Waals surface area contributed by atoms with Gasteiger partial charge >= 0.3 is 17.7 Å². The van der Waals surface area contributed by atoms with Crippen molar-refractivity contribution in [1.82, 2.24) is 5.32 Å². The predicted molar refractivity (Wildman–Crippen MR) is 67.9 cm³/mol. The molecule has 1 aromatic rings. The quantitative estimate of drug-likeness (QED) is 0.518. The van der Waals surface area contributed by atoms with Crippen molar-refractivity contribution in [2.24, 2.45) is 5.73 Å². The summed E-state index contributed by atoms with van der Waals surface area (Å²) in [6.45, 7) is 1.22. The Morgan fingerprint density at radius 1 is 1.43 bits per heavy atom. The SMILES string of the molecule is CC(Oc1cc(C(=O)O)ccc1[N+](=O)[O-])C(=O)NC(N)=O. The molecular formula is C11H11N3O7. The second-order valence-electron chi connectivity index (χ2n) is 3.86. The van der Waals surface area contributed by atoms with Gasteiger partial charge in [-0.3, -0.25) is 20.2 Å². The Labute approximate surface area is 117 Å². The molecule has 3 amide bonds. The van der Waals surface area contributed by atoms with E-state index >= 15 is 0 Å². The number of nitrogens with zero attached hydrogens (tertiary/aromatic N) is 1. The van der Waals surface area contributed by atoms with E-state index in [-0.39, 0.29) is 5.56 Å². The number of nitrogens with two attached hydrogens (primary N) is 1. The number of imide groups is 1. The minimum absolute atomic E-state index is 0.252. The Kier molecular flexibility index (Phi) is 4.78. The monoisotopic (exact) mass is 297 g/mol. The highest BCUT2D eigenvalue weighted by Crippen LogP contribution is 2.29. The molecule has 0 spiro atoms. The number of nitro benzene ring substituents is 1. The van der Waals surface area contributed by atoms with Gasteiger partial charge in [0.1, 0.15) is 0 Å². The molecule has 0 aromatic heterocycles. The summed E-state index contributed by atoms with van der Waals surface area (Å²) in [6.07, 6.45) is -1.29. The number of hydrogen-bond donors (Lipinski definition) is 3. The number of benzene rings is 1. The summed E-state index contributed by atoms with van der Waals surface area (Å²) < 4.78 is 5.04. The van der Waals surface area contributed by atoms with Gasteiger partial charge in [-0.2, -0.15) is 0 Å². The number of carbonyl (C=O) groups excluding carboxylic acids is 2. The van der Waals surface area contributed by atoms with Crippen LogP contribution < -0.4 is 15.8 Å². The average Bonchev–Trinajstić information content (AvgIpc) is 2.37. The van der Waals surface area contributed by atoms with E-state index in [1.165, 1.54) is 6.92 Å². The molecule has 0 aliphatic rings. The molecule has 1 atom stereocenters. The third kappa shape index (κ3) is 4.16. The molecule has 1 aromatic carbocycles. The molecule has 0 heterocycles. The van der Waals surface area contributed by atoms with Crippen molar-refractivity contribution in [3.05, 3.63) is 33.9 Å². The fraction of sp³-hybridized carbons (Fsp3) is 0.182. The van der Waals surface area contributed by atoms with Gasteiger partial charge in [-0.1, -0.05) is 0 Å². The molecule has 0 bridgehead atoms. The van der Waals surface area contributed by atoms with Crippen LogP contribution >= 0.6 is 0 Å². The van der Waals surface area contributed by atoms with Gasteiger partial charge < -0.3 is 15.6 Å². The molecular weight excluding hydrogens is 286 g/mol. The summed E-state index contributed by atoms with van der Waals surface area (Å²) in [6, 6.07) is 1.78. The van der Waals surface area contributed by atoms with E-state index in [9.17, 15) is 24.5 Å². The van der Waals surface area contributed by atoms with E-state index in [1.54, 1.807) is 5.32 Å². The highest BCUT2D eigenvalue weighted by molar-refractivity contribution is 5.96. The van der Waals surface area contributed by atoms with E-state index in [0.29, 0.717) is 0 Å². The van der Waals surface area contributed by atoms with Gasteiger partial charge in [0.25, 0.3) is 5.91 Å². The third-order valence-corrected chi connectivity index (χ3v) is 2.32. The average molecular weight is 297 g/mol. The topological polar surface area (TPSA) is 162 Å². The lowest BCUT2D eigenvalue weighted by Gasteiger charge is -2.13. The second-order valence-corrected chi connectivity index (χ2v) is 3.86. The van der Waals surface area contributed by atoms with E-state index in [1.807, 2.05) is 0 Å². The number of carboxylic acid groups (broad SMARTS) is 1. The molecule has 0 fully saturated rings. The first kappa shape index (κ1) is 15.9. The number of urea groups is 1. The largest absolute Gasteiger partial charge is 0.478 e. The summed E-state index contributed by atoms with van der Waals surface area (Å²) in [5.74, 6) is -2.64. The number of nitro groups is 1. The van der Waals surface area contributed by atoms with Crippen LogP contribution in [0.5, 0.6) is 5.75 Å². The van der Waals surface area contributed by atoms with E-state index in [4.69, 9.17) is 15.6 Å². The second kappa shape index (κ2) is 6.32. The Morgan fingerprint density at radius 3 is 2.52 bits per heavy atom. The lowest BCUT2D eigenvalue weighted by atomic mass is 10.2. The molecule has 1 rings (SSSR count). The normalized spacial score (nSPS) is 11.3. The Hall–Kier alpha value is -3.17. The molecule has 0 aliphatic heterocycles. The molecule has 0 radical (unpaired) electrons. The maximum Gasteiger partial charge on any atom is 0.335 e. The zero-order chi connectivity index (χ0) is 16.2. The number of amides is 3. The summed E-state index contributed by atoms with van der Waals surface area (Å²) in [5.41, 5.74) is 3.99. The van der Waals surface area contributed by atoms with Crippen molar-refractivity contribution >= 4 is 23.6 Å². The number of hydrogen-bond acceptors (Lipinski definition) is 6. The lowest BCUT2D eigenvalue weighted by Crippen LogP contribution is -2.42. The molecule has 0 saturated carbocycles. The van der Waals surface area contributed by atoms with Crippen molar-refractivity contribution in [1.29, 1.82) is 0 Å². The predicted octanol–water partition coefficient (Wildman–Crippen LogP) is 0.255. The zero-order valence-electron chi connectivity index (χ0n) is 10.7. The highest BCUT2D eigenvalue weighted by Gasteiger charge is 2.23. The number of carbonyl (C=O) groups is 3. The molecule has 0 aliphatic carbocycles. The van der Waals surface area contributed by atoms with Crippen LogP contribution in [0.2, 0.25) is 0 Å². The minimum Gasteiger partial charge on any atom is -0.478 e. The number of nitrogens with one attached hydrogen (secondary N) is 1. The number of rotatable bonds is 5. The van der Waals surface area contributed by atoms with Gasteiger partial charge in [0.05, 0.1) is 10.5 Å². The van der Waals surface area contributed by atoms with Crippen LogP contribution in [-0.4, -0.2) is 34.0 Å². The Morgan fingerprint density at radius 2 is 2.05 bits per heavy atom. The lowest BCUT2D eigenvalue weighted by molar-refractivity contribution is -0.386. The van der Waals surface area contributed by atoms with Crippen LogP contribution in [0.4, 0.5) is 10.5 Å². The fourth-order valence-electron chi connectivity index (χ4n) is 1.36. The number of carboxylic acids is 1. The van der Waals surface area contributed by atoms with Gasteiger partial charge in [0, 0.05) is 12.1 Å². The standard InChI is InChI=1S/C11H11N3O7/c1-5(9(15)13-11(12)18)21-8-4-6(10(16)17)2-3-7(8)14(19)20/h2-5H,1H3,(H,16,17)(H3,12,13,15,18). The van der Waals surface area contributed by atoms with Crippen molar-refractivity contribution in [2.75, 3.05) is 0 Å². The summed E-state index contributed by atoms with van der Waals surface area (Å²) in [5, 5.41) is 21.4. The van der Waals surface area contributed by atoms with Gasteiger partial charge in [0.2, 0.25) is 0 Å². The Bertz CT molecular complexity index is 614. The zero-order valence-corrected chi connectivity index (χ0v) is 10.7. The summed E-state index contributed by atoms with van der Waals surface area (Å²) in [4.78, 5) is 42.8. The van der Waals surface area contributed by atoms with Crippen LogP contribution in [0.1, 0.15) is 17.3 Å². The molecule has 0 saturated heterocycles. The number of primary amides is 1. The van der Waals surface area contributed by atoms with Crippen molar-refractivity contribution in [3.63, 3.8) is 0 Å². The molecule has 1 unspecified atom stereocenters. The van der Waals surface area contributed by atoms with Gasteiger partial charge in [0.15, 0.2) is 11.9 Å². The van der Waals surface area contributed by atoms with Gasteiger partial charge in [-0.05, 0) is 13.0 Å². The molecule has 4 N–H and O–H groups in total. The first-order valence-electron chi connectivity index (χ1n) is 5.51. The fourth-order valence-corrected chi connectivity index (χ4v) is 1.36. The number of ether oxygens (including phenoxy) is 1. The molecule has 10 heteroatoms. The van der Waals surface area contributed by atoms with Crippen molar-refractivity contribution in [3.8, 4) is 5.75 Å². The third-order valence-electron chi connectivity index (χ3n) is 2.32. The van der Waals surface area contributed by atoms with Crippen LogP contribution in [0.25, 0.3) is 0 Å². The highest BCUT2D eigenvalue weighted by atomic mass is 16.6. The maximum atomic E-state index is 11.4. The number of aromatic carboxylic acids is 1. The van der Waals surface area contributed by atoms with E-state index in [2.05, 4.69) is 0 Å². The van der Waals surface area contributed by atoms with Crippen LogP contribution in [0.3, 0.4) is 0 Å². The smallest absolute Gasteiger partial charge is 0.335 e. The summed E-state index contributed by atoms with van der Waals surface area (Å²) >= 11 is 0. The Balaban J connectivity index is 3.06. The van der Waals surface area contributed by atoms with Crippen molar-refractivity contribution < 1.29 is 29.2 Å². The first-order chi connectivity index (χ1) is 9.72. The summed E-state index contributed by atoms with van der Waals surface area (Å²) in [7, 11) is 0. The molecule has 112 valence electrons. The van der Waals surface area contributed by atoms with E-state index < -0.39 is 40.4 Å². The minimum atomic E-state index is -1.32. The van der Waals surface area contributed by atoms with E-state index in [0.717, 1.165) is 18.2 Å². The first-order valence-corrected chi connectivity index (χ1v) is 5.51. The van der Waals surface area contributed by atoms with Crippen LogP contribution in [0.15, 0.2) is 18.2 Å². The van der Waals surface area contributed by atoms with Gasteiger partial charge in [-0.15, -0.1) is 0 Å². The molecule has 10 nitrogen and oxygen atoms in total. The maximum absolute atomic E-state index is 11.4. The van der Waals surface area contributed by atoms with Crippen LogP contribution in [0, 0.1) is 10.1 Å². The molecule has 21 heavy (non-hydrogen) atoms. The van der Waals surface area contributed by atoms with Gasteiger partial charge in [-0.25, -0.2) is 9.59 Å².